The molecule has 0 radical (unpaired) electrons. The highest BCUT2D eigenvalue weighted by atomic mass is 32.2. The number of nitrogens with two attached hydrogens (primary N) is 1. The van der Waals surface area contributed by atoms with E-state index < -0.39 is 10.8 Å². The van der Waals surface area contributed by atoms with Crippen molar-refractivity contribution < 1.29 is 9.00 Å². The van der Waals surface area contributed by atoms with E-state index in [4.69, 9.17) is 5.73 Å². The Morgan fingerprint density at radius 2 is 2.30 bits per heavy atom. The van der Waals surface area contributed by atoms with Gasteiger partial charge < -0.3 is 16.0 Å². The summed E-state index contributed by atoms with van der Waals surface area (Å²) in [5.41, 5.74) is 7.71. The first-order valence-corrected chi connectivity index (χ1v) is 7.84. The third kappa shape index (κ3) is 2.98. The van der Waals surface area contributed by atoms with Gasteiger partial charge in [-0.15, -0.1) is 0 Å². The number of hydrogen-bond donors (Lipinski definition) is 3. The number of imidazole rings is 1. The number of nitrogens with one attached hydrogen (secondary N) is 2. The number of nitrogen functional groups attached to an aromatic ring is 1. The Bertz CT molecular complexity index is 678. The quantitative estimate of drug-likeness (QED) is 0.709. The van der Waals surface area contributed by atoms with Crippen molar-refractivity contribution in [2.24, 2.45) is 5.92 Å². The van der Waals surface area contributed by atoms with Crippen LogP contribution >= 0.6 is 0 Å². The highest BCUT2D eigenvalue weighted by Crippen LogP contribution is 2.27. The molecule has 1 amide bonds. The number of anilines is 1. The molecule has 1 aromatic heterocycles. The number of aromatic amines is 1. The van der Waals surface area contributed by atoms with E-state index >= 15 is 0 Å². The number of amides is 1. The van der Waals surface area contributed by atoms with Gasteiger partial charge in [-0.05, 0) is 37.0 Å². The van der Waals surface area contributed by atoms with Gasteiger partial charge in [0, 0.05) is 12.2 Å². The number of hydrogen-bond acceptors (Lipinski definition) is 4. The second kappa shape index (κ2) is 5.24. The van der Waals surface area contributed by atoms with Crippen LogP contribution in [-0.2, 0) is 15.6 Å². The van der Waals surface area contributed by atoms with E-state index in [2.05, 4.69) is 15.3 Å². The second-order valence-corrected chi connectivity index (χ2v) is 6.42. The molecule has 1 aromatic carbocycles. The number of fused-ring (bicyclic) bond motifs is 1. The fourth-order valence-corrected chi connectivity index (χ4v) is 2.83. The Labute approximate surface area is 118 Å². The third-order valence-electron chi connectivity index (χ3n) is 3.25. The summed E-state index contributed by atoms with van der Waals surface area (Å²) >= 11 is 0. The van der Waals surface area contributed by atoms with Crippen LogP contribution in [0, 0.1) is 5.92 Å². The lowest BCUT2D eigenvalue weighted by molar-refractivity contribution is -0.118. The van der Waals surface area contributed by atoms with E-state index in [0.717, 1.165) is 5.52 Å². The summed E-state index contributed by atoms with van der Waals surface area (Å²) in [6.07, 6.45) is 2.35. The maximum Gasteiger partial charge on any atom is 0.233 e. The summed E-state index contributed by atoms with van der Waals surface area (Å²) in [4.78, 5) is 18.8. The maximum absolute atomic E-state index is 12.1. The average molecular weight is 292 g/mol. The van der Waals surface area contributed by atoms with Crippen molar-refractivity contribution in [1.82, 2.24) is 15.3 Å². The molecule has 4 N–H and O–H groups in total. The lowest BCUT2D eigenvalue weighted by atomic mass is 10.3. The SMILES string of the molecule is Nc1ccc2nc(S(=O)CC(=O)NCC3CC3)[nH]c2c1. The molecule has 2 aromatic rings. The number of carbonyl (C=O) groups is 1. The lowest BCUT2D eigenvalue weighted by Gasteiger charge is -2.02. The zero-order valence-electron chi connectivity index (χ0n) is 10.9. The maximum atomic E-state index is 12.1. The highest BCUT2D eigenvalue weighted by Gasteiger charge is 2.22. The smallest absolute Gasteiger partial charge is 0.233 e. The van der Waals surface area contributed by atoms with E-state index in [1.807, 2.05) is 0 Å². The van der Waals surface area contributed by atoms with Gasteiger partial charge in [-0.25, -0.2) is 4.98 Å². The van der Waals surface area contributed by atoms with Gasteiger partial charge in [-0.3, -0.25) is 9.00 Å². The fraction of sp³-hybridized carbons (Fsp3) is 0.385. The molecule has 1 heterocycles. The van der Waals surface area contributed by atoms with Crippen molar-refractivity contribution in [1.29, 1.82) is 0 Å². The van der Waals surface area contributed by atoms with Crippen molar-refractivity contribution in [3.05, 3.63) is 18.2 Å². The summed E-state index contributed by atoms with van der Waals surface area (Å²) in [6.45, 7) is 0.687. The number of aromatic nitrogens is 2. The Hall–Kier alpha value is -1.89. The summed E-state index contributed by atoms with van der Waals surface area (Å²) in [7, 11) is -1.47. The minimum absolute atomic E-state index is 0.0674. The number of H-pyrrole nitrogens is 1. The van der Waals surface area contributed by atoms with E-state index in [9.17, 15) is 9.00 Å². The predicted octanol–water partition coefficient (Wildman–Crippen LogP) is 0.779. The van der Waals surface area contributed by atoms with Gasteiger partial charge in [-0.2, -0.15) is 0 Å². The molecule has 1 aliphatic rings. The van der Waals surface area contributed by atoms with Crippen LogP contribution in [0.5, 0.6) is 0 Å². The summed E-state index contributed by atoms with van der Waals surface area (Å²) < 4.78 is 12.1. The van der Waals surface area contributed by atoms with Crippen LogP contribution in [0.1, 0.15) is 12.8 Å². The van der Waals surface area contributed by atoms with Gasteiger partial charge in [0.2, 0.25) is 5.91 Å². The van der Waals surface area contributed by atoms with Crippen molar-refractivity contribution in [3.63, 3.8) is 0 Å². The summed E-state index contributed by atoms with van der Waals surface area (Å²) in [6, 6.07) is 5.23. The number of carbonyl (C=O) groups excluding carboxylic acids is 1. The Kier molecular flexibility index (Phi) is 3.43. The molecule has 0 bridgehead atoms. The van der Waals surface area contributed by atoms with E-state index in [1.54, 1.807) is 18.2 Å². The molecule has 0 spiro atoms. The second-order valence-electron chi connectivity index (χ2n) is 5.06. The molecule has 1 saturated carbocycles. The zero-order valence-corrected chi connectivity index (χ0v) is 11.7. The molecule has 1 aliphatic carbocycles. The normalized spacial score (nSPS) is 16.2. The van der Waals surface area contributed by atoms with Crippen molar-refractivity contribution in [2.75, 3.05) is 18.0 Å². The van der Waals surface area contributed by atoms with Crippen LogP contribution in [0.25, 0.3) is 11.0 Å². The van der Waals surface area contributed by atoms with E-state index in [-0.39, 0.29) is 11.7 Å². The number of nitrogens with zero attached hydrogens (tertiary/aromatic N) is 1. The van der Waals surface area contributed by atoms with E-state index in [0.29, 0.717) is 28.8 Å². The van der Waals surface area contributed by atoms with Gasteiger partial charge in [0.05, 0.1) is 21.8 Å². The standard InChI is InChI=1S/C13H16N4O2S/c14-9-3-4-10-11(5-9)17-13(16-10)20(19)7-12(18)15-6-8-1-2-8/h3-5,8H,1-2,6-7,14H2,(H,15,18)(H,16,17). The average Bonchev–Trinajstić information content (AvgIpc) is 3.14. The lowest BCUT2D eigenvalue weighted by Crippen LogP contribution is -2.30. The molecule has 106 valence electrons. The van der Waals surface area contributed by atoms with Crippen LogP contribution in [0.15, 0.2) is 23.4 Å². The molecule has 1 fully saturated rings. The Morgan fingerprint density at radius 1 is 1.50 bits per heavy atom. The van der Waals surface area contributed by atoms with Crippen LogP contribution < -0.4 is 11.1 Å². The molecular weight excluding hydrogens is 276 g/mol. The van der Waals surface area contributed by atoms with Gasteiger partial charge in [0.1, 0.15) is 5.75 Å². The first-order chi connectivity index (χ1) is 9.61. The molecule has 1 atom stereocenters. The van der Waals surface area contributed by atoms with Gasteiger partial charge >= 0.3 is 0 Å². The van der Waals surface area contributed by atoms with Crippen molar-refractivity contribution in [2.45, 2.75) is 18.0 Å². The van der Waals surface area contributed by atoms with Gasteiger partial charge in [-0.1, -0.05) is 0 Å². The summed E-state index contributed by atoms with van der Waals surface area (Å²) in [5, 5.41) is 3.11. The molecule has 20 heavy (non-hydrogen) atoms. The minimum Gasteiger partial charge on any atom is -0.399 e. The largest absolute Gasteiger partial charge is 0.399 e. The molecule has 6 nitrogen and oxygen atoms in total. The highest BCUT2D eigenvalue weighted by molar-refractivity contribution is 7.85. The molecule has 0 saturated heterocycles. The zero-order chi connectivity index (χ0) is 14.1. The van der Waals surface area contributed by atoms with Gasteiger partial charge in [0.15, 0.2) is 5.16 Å². The fourth-order valence-electron chi connectivity index (χ4n) is 1.93. The molecule has 3 rings (SSSR count). The van der Waals surface area contributed by atoms with Crippen LogP contribution in [-0.4, -0.2) is 32.4 Å². The topological polar surface area (TPSA) is 101 Å². The first-order valence-electron chi connectivity index (χ1n) is 6.52. The summed E-state index contributed by atoms with van der Waals surface area (Å²) in [5.74, 6) is 0.346. The van der Waals surface area contributed by atoms with Crippen LogP contribution in [0.2, 0.25) is 0 Å². The first kappa shape index (κ1) is 13.1. The molecular formula is C13H16N4O2S. The monoisotopic (exact) mass is 292 g/mol. The van der Waals surface area contributed by atoms with Crippen molar-refractivity contribution in [3.8, 4) is 0 Å². The van der Waals surface area contributed by atoms with Crippen LogP contribution in [0.4, 0.5) is 5.69 Å². The molecule has 7 heteroatoms. The Balaban J connectivity index is 1.66. The van der Waals surface area contributed by atoms with Gasteiger partial charge in [0.25, 0.3) is 0 Å². The van der Waals surface area contributed by atoms with E-state index in [1.165, 1.54) is 12.8 Å². The minimum atomic E-state index is -1.47. The molecule has 1 unspecified atom stereocenters. The number of rotatable bonds is 5. The molecule has 0 aliphatic heterocycles. The third-order valence-corrected chi connectivity index (χ3v) is 4.40. The Morgan fingerprint density at radius 3 is 3.05 bits per heavy atom. The van der Waals surface area contributed by atoms with Crippen LogP contribution in [0.3, 0.4) is 0 Å². The predicted molar refractivity (Wildman–Crippen MR) is 77.5 cm³/mol. The van der Waals surface area contributed by atoms with Crippen molar-refractivity contribution >= 4 is 33.4 Å². The number of benzene rings is 1.